The van der Waals surface area contributed by atoms with Gasteiger partial charge in [0.15, 0.2) is 0 Å². The fourth-order valence-electron chi connectivity index (χ4n) is 2.63. The van der Waals surface area contributed by atoms with Crippen molar-refractivity contribution in [2.24, 2.45) is 4.99 Å². The molecule has 0 saturated carbocycles. The summed E-state index contributed by atoms with van der Waals surface area (Å²) in [4.78, 5) is 23.7. The zero-order valence-electron chi connectivity index (χ0n) is 14.1. The first-order valence-corrected chi connectivity index (χ1v) is 9.05. The second-order valence-corrected chi connectivity index (χ2v) is 7.41. The van der Waals surface area contributed by atoms with Gasteiger partial charge in [-0.15, -0.1) is 23.7 Å². The lowest BCUT2D eigenvalue weighted by Gasteiger charge is -2.27. The number of thiophene rings is 1. The predicted octanol–water partition coefficient (Wildman–Crippen LogP) is 4.45. The molecule has 0 amide bonds. The number of aryl methyl sites for hydroxylation is 1. The molecule has 0 saturated heterocycles. The summed E-state index contributed by atoms with van der Waals surface area (Å²) in [6, 6.07) is 7.43. The third-order valence-electron chi connectivity index (χ3n) is 3.78. The van der Waals surface area contributed by atoms with Crippen molar-refractivity contribution < 1.29 is 4.92 Å². The molecule has 0 aliphatic carbocycles. The topological polar surface area (TPSA) is 71.6 Å². The van der Waals surface area contributed by atoms with E-state index in [9.17, 15) is 10.1 Å². The first-order valence-electron chi connectivity index (χ1n) is 7.85. The van der Waals surface area contributed by atoms with Crippen LogP contribution in [0.15, 0.2) is 41.2 Å². The van der Waals surface area contributed by atoms with Gasteiger partial charge in [0, 0.05) is 41.7 Å². The molecule has 1 aliphatic heterocycles. The summed E-state index contributed by atoms with van der Waals surface area (Å²) >= 11 is 7.35. The number of aromatic nitrogens is 1. The first kappa shape index (κ1) is 20.4. The lowest BCUT2D eigenvalue weighted by molar-refractivity contribution is -0.414. The van der Waals surface area contributed by atoms with Crippen LogP contribution in [0.25, 0.3) is 6.08 Å². The molecule has 26 heavy (non-hydrogen) atoms. The minimum atomic E-state index is -0.355. The summed E-state index contributed by atoms with van der Waals surface area (Å²) in [6.45, 7) is 3.80. The van der Waals surface area contributed by atoms with Crippen LogP contribution >= 0.6 is 35.3 Å². The molecule has 0 bridgehead atoms. The molecule has 3 heterocycles. The molecule has 0 aromatic carbocycles. The van der Waals surface area contributed by atoms with Crippen molar-refractivity contribution in [3.05, 3.63) is 66.7 Å². The number of nitro groups is 1. The van der Waals surface area contributed by atoms with Crippen LogP contribution in [0.1, 0.15) is 21.7 Å². The van der Waals surface area contributed by atoms with Gasteiger partial charge in [-0.2, -0.15) is 0 Å². The summed E-state index contributed by atoms with van der Waals surface area (Å²) in [7, 11) is 0. The zero-order chi connectivity index (χ0) is 17.8. The molecular weight excluding hydrogens is 395 g/mol. The number of halogens is 2. The molecule has 2 aromatic rings. The lowest BCUT2D eigenvalue weighted by atomic mass is 10.2. The summed E-state index contributed by atoms with van der Waals surface area (Å²) in [5.41, 5.74) is 0.970. The van der Waals surface area contributed by atoms with Gasteiger partial charge >= 0.3 is 5.70 Å². The normalized spacial score (nSPS) is 14.6. The lowest BCUT2D eigenvalue weighted by Crippen LogP contribution is -2.38. The van der Waals surface area contributed by atoms with Gasteiger partial charge in [0.2, 0.25) is 5.84 Å². The Morgan fingerprint density at radius 2 is 2.23 bits per heavy atom. The van der Waals surface area contributed by atoms with Gasteiger partial charge in [0.25, 0.3) is 0 Å². The minimum Gasteiger partial charge on any atom is -0.347 e. The van der Waals surface area contributed by atoms with Crippen LogP contribution in [0, 0.1) is 17.0 Å². The van der Waals surface area contributed by atoms with Gasteiger partial charge in [-0.3, -0.25) is 15.1 Å². The fourth-order valence-corrected chi connectivity index (χ4v) is 3.56. The number of hydrogen-bond donors (Lipinski definition) is 0. The van der Waals surface area contributed by atoms with Gasteiger partial charge < -0.3 is 4.90 Å². The molecule has 0 unspecified atom stereocenters. The Morgan fingerprint density at radius 1 is 1.42 bits per heavy atom. The van der Waals surface area contributed by atoms with Crippen LogP contribution in [-0.4, -0.2) is 33.7 Å². The first-order chi connectivity index (χ1) is 12.0. The van der Waals surface area contributed by atoms with Crippen molar-refractivity contribution in [1.29, 1.82) is 0 Å². The van der Waals surface area contributed by atoms with Crippen LogP contribution in [-0.2, 0) is 6.54 Å². The van der Waals surface area contributed by atoms with Crippen LogP contribution in [0.5, 0.6) is 0 Å². The van der Waals surface area contributed by atoms with E-state index >= 15 is 0 Å². The number of hydrogen-bond acceptors (Lipinski definition) is 6. The summed E-state index contributed by atoms with van der Waals surface area (Å²) < 4.78 is 0. The van der Waals surface area contributed by atoms with E-state index in [1.165, 1.54) is 11.3 Å². The highest BCUT2D eigenvalue weighted by Crippen LogP contribution is 2.22. The number of nitrogens with zero attached hydrogens (tertiary/aromatic N) is 4. The van der Waals surface area contributed by atoms with Gasteiger partial charge in [0.1, 0.15) is 5.15 Å². The van der Waals surface area contributed by atoms with Crippen LogP contribution < -0.4 is 0 Å². The Hall–Kier alpha value is -1.96. The average Bonchev–Trinajstić information content (AvgIpc) is 3.00. The van der Waals surface area contributed by atoms with E-state index in [0.717, 1.165) is 28.3 Å². The second-order valence-electron chi connectivity index (χ2n) is 5.70. The number of rotatable bonds is 5. The van der Waals surface area contributed by atoms with E-state index in [2.05, 4.69) is 9.98 Å². The van der Waals surface area contributed by atoms with Gasteiger partial charge in [-0.1, -0.05) is 17.7 Å². The Kier molecular flexibility index (Phi) is 7.14. The largest absolute Gasteiger partial charge is 0.347 e. The van der Waals surface area contributed by atoms with Gasteiger partial charge in [-0.25, -0.2) is 4.98 Å². The molecule has 0 fully saturated rings. The number of pyridine rings is 1. The maximum Gasteiger partial charge on any atom is 0.312 e. The second kappa shape index (κ2) is 9.12. The third kappa shape index (κ3) is 5.03. The number of amidine groups is 1. The van der Waals surface area contributed by atoms with E-state index in [4.69, 9.17) is 11.6 Å². The Morgan fingerprint density at radius 3 is 2.85 bits per heavy atom. The molecule has 6 nitrogen and oxygen atoms in total. The van der Waals surface area contributed by atoms with E-state index in [1.54, 1.807) is 18.3 Å². The predicted molar refractivity (Wildman–Crippen MR) is 108 cm³/mol. The van der Waals surface area contributed by atoms with Gasteiger partial charge in [-0.05, 0) is 37.1 Å². The van der Waals surface area contributed by atoms with E-state index in [0.29, 0.717) is 24.1 Å². The van der Waals surface area contributed by atoms with Crippen molar-refractivity contribution in [2.75, 3.05) is 13.1 Å². The van der Waals surface area contributed by atoms with Crippen molar-refractivity contribution in [1.82, 2.24) is 9.88 Å². The third-order valence-corrected chi connectivity index (χ3v) is 4.95. The molecular formula is C17H18Cl2N4O2S. The van der Waals surface area contributed by atoms with E-state index < -0.39 is 0 Å². The highest BCUT2D eigenvalue weighted by molar-refractivity contribution is 7.12. The van der Waals surface area contributed by atoms with Gasteiger partial charge in [0.05, 0.1) is 4.92 Å². The Balaban J connectivity index is 0.00000243. The average molecular weight is 413 g/mol. The Labute approximate surface area is 166 Å². The van der Waals surface area contributed by atoms with Crippen LogP contribution in [0.4, 0.5) is 0 Å². The number of aliphatic imine (C=N–C) groups is 1. The maximum absolute atomic E-state index is 11.7. The SMILES string of the molecule is Cc1ccc(/C=C(/C2=NCCCN2Cc2ccc(Cl)nc2)[N+](=O)[O-])s1.Cl. The van der Waals surface area contributed by atoms with Crippen molar-refractivity contribution in [3.63, 3.8) is 0 Å². The molecule has 3 rings (SSSR count). The molecule has 0 radical (unpaired) electrons. The molecule has 0 spiro atoms. The highest BCUT2D eigenvalue weighted by Gasteiger charge is 2.27. The van der Waals surface area contributed by atoms with E-state index in [-0.39, 0.29) is 23.0 Å². The van der Waals surface area contributed by atoms with Crippen LogP contribution in [0.3, 0.4) is 0 Å². The van der Waals surface area contributed by atoms with Crippen molar-refractivity contribution in [2.45, 2.75) is 19.9 Å². The fraction of sp³-hybridized carbons (Fsp3) is 0.294. The zero-order valence-corrected chi connectivity index (χ0v) is 16.5. The molecule has 138 valence electrons. The molecule has 1 aliphatic rings. The Bertz CT molecular complexity index is 834. The smallest absolute Gasteiger partial charge is 0.312 e. The summed E-state index contributed by atoms with van der Waals surface area (Å²) in [6.07, 6.45) is 4.16. The minimum absolute atomic E-state index is 0. The standard InChI is InChI=1S/C17H17ClN4O2S.ClH/c1-12-3-5-14(25-12)9-15(22(23)24)17-19-7-2-8-21(17)11-13-4-6-16(18)20-10-13;/h3-6,9-10H,2,7-8,11H2,1H3;1H/b15-9-;. The summed E-state index contributed by atoms with van der Waals surface area (Å²) in [5.74, 6) is 0.428. The molecule has 9 heteroatoms. The van der Waals surface area contributed by atoms with E-state index in [1.807, 2.05) is 30.0 Å². The monoisotopic (exact) mass is 412 g/mol. The van der Waals surface area contributed by atoms with Crippen LogP contribution in [0.2, 0.25) is 5.15 Å². The molecule has 0 N–H and O–H groups in total. The summed E-state index contributed by atoms with van der Waals surface area (Å²) in [5, 5.41) is 12.1. The highest BCUT2D eigenvalue weighted by atomic mass is 35.5. The quantitative estimate of drug-likeness (QED) is 0.413. The maximum atomic E-state index is 11.7. The molecule has 0 atom stereocenters. The van der Waals surface area contributed by atoms with Crippen molar-refractivity contribution in [3.8, 4) is 0 Å². The molecule has 2 aromatic heterocycles. The van der Waals surface area contributed by atoms with Crippen molar-refractivity contribution >= 4 is 47.3 Å².